The standard InChI is InChI=1S/C12H14O5/c1-8(13)7-16-12(15)10-3-5-11(6-4-10)17-9(2)14/h3-6,8,13H,7H2,1-2H3. The van der Waals surface area contributed by atoms with Crippen molar-refractivity contribution in [2.24, 2.45) is 0 Å². The first-order chi connectivity index (χ1) is 7.99. The molecule has 0 amide bonds. The van der Waals surface area contributed by atoms with Gasteiger partial charge in [0.05, 0.1) is 11.7 Å². The largest absolute Gasteiger partial charge is 0.459 e. The smallest absolute Gasteiger partial charge is 0.338 e. The van der Waals surface area contributed by atoms with Gasteiger partial charge < -0.3 is 14.6 Å². The third-order valence-electron chi connectivity index (χ3n) is 1.81. The summed E-state index contributed by atoms with van der Waals surface area (Å²) in [5, 5.41) is 8.96. The van der Waals surface area contributed by atoms with Crippen LogP contribution in [0.3, 0.4) is 0 Å². The average Bonchev–Trinajstić information content (AvgIpc) is 2.26. The van der Waals surface area contributed by atoms with E-state index in [1.54, 1.807) is 0 Å². The molecule has 0 aliphatic rings. The van der Waals surface area contributed by atoms with E-state index in [9.17, 15) is 9.59 Å². The number of aliphatic hydroxyl groups is 1. The third kappa shape index (κ3) is 4.65. The van der Waals surface area contributed by atoms with E-state index in [0.717, 1.165) is 0 Å². The van der Waals surface area contributed by atoms with Gasteiger partial charge in [0.15, 0.2) is 0 Å². The van der Waals surface area contributed by atoms with Crippen molar-refractivity contribution in [3.8, 4) is 5.75 Å². The lowest BCUT2D eigenvalue weighted by Gasteiger charge is -2.07. The minimum atomic E-state index is -0.695. The average molecular weight is 238 g/mol. The Morgan fingerprint density at radius 3 is 2.35 bits per heavy atom. The van der Waals surface area contributed by atoms with Crippen molar-refractivity contribution in [3.63, 3.8) is 0 Å². The van der Waals surface area contributed by atoms with Crippen molar-refractivity contribution in [2.75, 3.05) is 6.61 Å². The van der Waals surface area contributed by atoms with E-state index in [-0.39, 0.29) is 6.61 Å². The Hall–Kier alpha value is -1.88. The Labute approximate surface area is 99.0 Å². The van der Waals surface area contributed by atoms with Crippen LogP contribution >= 0.6 is 0 Å². The van der Waals surface area contributed by atoms with Crippen LogP contribution in [0.5, 0.6) is 5.75 Å². The first kappa shape index (κ1) is 13.2. The summed E-state index contributed by atoms with van der Waals surface area (Å²) < 4.78 is 9.63. The zero-order chi connectivity index (χ0) is 12.8. The van der Waals surface area contributed by atoms with Gasteiger partial charge in [0.1, 0.15) is 12.4 Å². The highest BCUT2D eigenvalue weighted by Crippen LogP contribution is 2.13. The van der Waals surface area contributed by atoms with Gasteiger partial charge in [-0.15, -0.1) is 0 Å². The molecule has 0 spiro atoms. The zero-order valence-electron chi connectivity index (χ0n) is 9.67. The number of hydrogen-bond donors (Lipinski definition) is 1. The minimum absolute atomic E-state index is 0.0511. The normalized spacial score (nSPS) is 11.7. The Morgan fingerprint density at radius 2 is 1.88 bits per heavy atom. The highest BCUT2D eigenvalue weighted by atomic mass is 16.5. The van der Waals surface area contributed by atoms with Crippen molar-refractivity contribution in [3.05, 3.63) is 29.8 Å². The van der Waals surface area contributed by atoms with Crippen LogP contribution < -0.4 is 4.74 Å². The van der Waals surface area contributed by atoms with E-state index in [2.05, 4.69) is 0 Å². The molecule has 0 aliphatic carbocycles. The Balaban J connectivity index is 2.60. The number of carbonyl (C=O) groups is 2. The number of rotatable bonds is 4. The lowest BCUT2D eigenvalue weighted by Crippen LogP contribution is -2.15. The second-order valence-electron chi connectivity index (χ2n) is 3.57. The molecule has 0 radical (unpaired) electrons. The molecule has 0 saturated heterocycles. The second kappa shape index (κ2) is 6.00. The number of aliphatic hydroxyl groups excluding tert-OH is 1. The van der Waals surface area contributed by atoms with E-state index in [0.29, 0.717) is 11.3 Å². The zero-order valence-corrected chi connectivity index (χ0v) is 9.67. The monoisotopic (exact) mass is 238 g/mol. The summed E-state index contributed by atoms with van der Waals surface area (Å²) in [5.41, 5.74) is 0.335. The van der Waals surface area contributed by atoms with Gasteiger partial charge in [0.2, 0.25) is 0 Å². The predicted molar refractivity (Wildman–Crippen MR) is 59.7 cm³/mol. The number of carbonyl (C=O) groups excluding carboxylic acids is 2. The van der Waals surface area contributed by atoms with Crippen molar-refractivity contribution >= 4 is 11.9 Å². The maximum absolute atomic E-state index is 11.4. The molecule has 1 atom stereocenters. The van der Waals surface area contributed by atoms with Crippen molar-refractivity contribution in [2.45, 2.75) is 20.0 Å². The molecular weight excluding hydrogens is 224 g/mol. The first-order valence-electron chi connectivity index (χ1n) is 5.12. The van der Waals surface area contributed by atoms with Crippen LogP contribution in [-0.2, 0) is 9.53 Å². The van der Waals surface area contributed by atoms with Crippen LogP contribution in [0, 0.1) is 0 Å². The summed E-state index contributed by atoms with van der Waals surface area (Å²) in [5.74, 6) is -0.584. The molecule has 1 aromatic carbocycles. The fraction of sp³-hybridized carbons (Fsp3) is 0.333. The first-order valence-corrected chi connectivity index (χ1v) is 5.12. The van der Waals surface area contributed by atoms with Crippen LogP contribution in [0.25, 0.3) is 0 Å². The number of esters is 2. The highest BCUT2D eigenvalue weighted by Gasteiger charge is 2.08. The molecule has 0 heterocycles. The SMILES string of the molecule is CC(=O)Oc1ccc(C(=O)OCC(C)O)cc1. The van der Waals surface area contributed by atoms with Crippen molar-refractivity contribution in [1.82, 2.24) is 0 Å². The molecule has 1 unspecified atom stereocenters. The summed E-state index contributed by atoms with van der Waals surface area (Å²) in [6.07, 6.45) is -0.695. The van der Waals surface area contributed by atoms with Crippen LogP contribution in [0.2, 0.25) is 0 Å². The van der Waals surface area contributed by atoms with Crippen LogP contribution in [-0.4, -0.2) is 29.8 Å². The Morgan fingerprint density at radius 1 is 1.29 bits per heavy atom. The second-order valence-corrected chi connectivity index (χ2v) is 3.57. The maximum Gasteiger partial charge on any atom is 0.338 e. The van der Waals surface area contributed by atoms with Gasteiger partial charge in [-0.3, -0.25) is 4.79 Å². The molecule has 0 fully saturated rings. The molecule has 92 valence electrons. The molecule has 0 saturated carbocycles. The molecular formula is C12H14O5. The molecule has 17 heavy (non-hydrogen) atoms. The summed E-state index contributed by atoms with van der Waals surface area (Å²) >= 11 is 0. The topological polar surface area (TPSA) is 72.8 Å². The van der Waals surface area contributed by atoms with Gasteiger partial charge in [-0.2, -0.15) is 0 Å². The van der Waals surface area contributed by atoms with E-state index in [4.69, 9.17) is 14.6 Å². The van der Waals surface area contributed by atoms with E-state index in [1.807, 2.05) is 0 Å². The number of benzene rings is 1. The quantitative estimate of drug-likeness (QED) is 0.629. The molecule has 1 aromatic rings. The summed E-state index contributed by atoms with van der Waals surface area (Å²) in [7, 11) is 0. The fourth-order valence-corrected chi connectivity index (χ4v) is 1.10. The van der Waals surface area contributed by atoms with Gasteiger partial charge in [-0.05, 0) is 31.2 Å². The van der Waals surface area contributed by atoms with Gasteiger partial charge in [-0.25, -0.2) is 4.79 Å². The lowest BCUT2D eigenvalue weighted by molar-refractivity contribution is -0.131. The molecule has 0 bridgehead atoms. The Kier molecular flexibility index (Phi) is 4.66. The van der Waals surface area contributed by atoms with E-state index >= 15 is 0 Å². The van der Waals surface area contributed by atoms with Crippen LogP contribution in [0.1, 0.15) is 24.2 Å². The van der Waals surface area contributed by atoms with Crippen LogP contribution in [0.4, 0.5) is 0 Å². The van der Waals surface area contributed by atoms with E-state index < -0.39 is 18.0 Å². The number of hydrogen-bond acceptors (Lipinski definition) is 5. The van der Waals surface area contributed by atoms with Gasteiger partial charge in [0.25, 0.3) is 0 Å². The van der Waals surface area contributed by atoms with Crippen molar-refractivity contribution < 1.29 is 24.2 Å². The molecule has 5 nitrogen and oxygen atoms in total. The van der Waals surface area contributed by atoms with Gasteiger partial charge in [0, 0.05) is 6.92 Å². The number of ether oxygens (including phenoxy) is 2. The molecule has 0 aliphatic heterocycles. The molecule has 0 aromatic heterocycles. The van der Waals surface area contributed by atoms with Gasteiger partial charge in [-0.1, -0.05) is 0 Å². The lowest BCUT2D eigenvalue weighted by atomic mass is 10.2. The third-order valence-corrected chi connectivity index (χ3v) is 1.81. The minimum Gasteiger partial charge on any atom is -0.459 e. The summed E-state index contributed by atoms with van der Waals surface area (Å²) in [6.45, 7) is 2.77. The van der Waals surface area contributed by atoms with Gasteiger partial charge >= 0.3 is 11.9 Å². The van der Waals surface area contributed by atoms with Crippen LogP contribution in [0.15, 0.2) is 24.3 Å². The molecule has 1 rings (SSSR count). The summed E-state index contributed by atoms with van der Waals surface area (Å²) in [6, 6.07) is 5.98. The predicted octanol–water partition coefficient (Wildman–Crippen LogP) is 1.15. The highest BCUT2D eigenvalue weighted by molar-refractivity contribution is 5.89. The molecule has 1 N–H and O–H groups in total. The summed E-state index contributed by atoms with van der Waals surface area (Å²) in [4.78, 5) is 22.1. The maximum atomic E-state index is 11.4. The van der Waals surface area contributed by atoms with Crippen molar-refractivity contribution in [1.29, 1.82) is 0 Å². The molecule has 5 heteroatoms. The Bertz CT molecular complexity index is 394. The van der Waals surface area contributed by atoms with E-state index in [1.165, 1.54) is 38.1 Å². The fourth-order valence-electron chi connectivity index (χ4n) is 1.10.